The number of hydrogen-bond donors (Lipinski definition) is 1. The standard InChI is InChI=1S/C13H15BrClNO/c1-3-8-11(7-16-4-2)17-13-10(15)6-5-9(14)12(8)13/h5-6,16H,3-4,7H2,1-2H3. The van der Waals surface area contributed by atoms with Gasteiger partial charge in [-0.1, -0.05) is 41.4 Å². The van der Waals surface area contributed by atoms with Gasteiger partial charge in [-0.3, -0.25) is 0 Å². The average Bonchev–Trinajstić information content (AvgIpc) is 2.71. The van der Waals surface area contributed by atoms with Gasteiger partial charge < -0.3 is 9.73 Å². The monoisotopic (exact) mass is 315 g/mol. The normalized spacial score (nSPS) is 11.3. The summed E-state index contributed by atoms with van der Waals surface area (Å²) in [7, 11) is 0. The highest BCUT2D eigenvalue weighted by atomic mass is 79.9. The fourth-order valence-corrected chi connectivity index (χ4v) is 2.74. The summed E-state index contributed by atoms with van der Waals surface area (Å²) in [5.41, 5.74) is 2.01. The van der Waals surface area contributed by atoms with Crippen LogP contribution in [-0.4, -0.2) is 6.54 Å². The first-order chi connectivity index (χ1) is 8.19. The molecule has 0 amide bonds. The van der Waals surface area contributed by atoms with Crippen LogP contribution in [0.5, 0.6) is 0 Å². The van der Waals surface area contributed by atoms with E-state index in [-0.39, 0.29) is 0 Å². The lowest BCUT2D eigenvalue weighted by Crippen LogP contribution is -2.12. The first kappa shape index (κ1) is 12.9. The summed E-state index contributed by atoms with van der Waals surface area (Å²) in [6, 6.07) is 3.82. The van der Waals surface area contributed by atoms with Crippen LogP contribution >= 0.6 is 27.5 Å². The highest BCUT2D eigenvalue weighted by Crippen LogP contribution is 2.36. The molecule has 2 nitrogen and oxygen atoms in total. The molecule has 1 aromatic carbocycles. The zero-order chi connectivity index (χ0) is 12.4. The second-order valence-electron chi connectivity index (χ2n) is 3.87. The van der Waals surface area contributed by atoms with Crippen molar-refractivity contribution in [1.82, 2.24) is 5.32 Å². The Balaban J connectivity index is 2.62. The lowest BCUT2D eigenvalue weighted by molar-refractivity contribution is 0.514. The highest BCUT2D eigenvalue weighted by Gasteiger charge is 2.16. The van der Waals surface area contributed by atoms with Crippen molar-refractivity contribution in [2.75, 3.05) is 6.54 Å². The maximum Gasteiger partial charge on any atom is 0.154 e. The van der Waals surface area contributed by atoms with E-state index in [1.165, 1.54) is 5.56 Å². The van der Waals surface area contributed by atoms with Gasteiger partial charge in [0.25, 0.3) is 0 Å². The van der Waals surface area contributed by atoms with Gasteiger partial charge in [0.2, 0.25) is 0 Å². The predicted molar refractivity (Wildman–Crippen MR) is 75.7 cm³/mol. The Hall–Kier alpha value is -0.510. The topological polar surface area (TPSA) is 25.2 Å². The van der Waals surface area contributed by atoms with Crippen LogP contribution in [0.1, 0.15) is 25.2 Å². The molecule has 4 heteroatoms. The minimum Gasteiger partial charge on any atom is -0.458 e. The minimum absolute atomic E-state index is 0.667. The molecule has 0 saturated heterocycles. The van der Waals surface area contributed by atoms with Crippen LogP contribution in [0.3, 0.4) is 0 Å². The van der Waals surface area contributed by atoms with E-state index in [1.54, 1.807) is 0 Å². The largest absolute Gasteiger partial charge is 0.458 e. The SMILES string of the molecule is CCNCc1oc2c(Cl)ccc(Br)c2c1CC. The van der Waals surface area contributed by atoms with Crippen LogP contribution < -0.4 is 5.32 Å². The molecule has 0 aliphatic rings. The molecule has 1 aromatic heterocycles. The molecule has 0 spiro atoms. The molecule has 2 rings (SSSR count). The summed E-state index contributed by atoms with van der Waals surface area (Å²) in [6.07, 6.45) is 0.937. The maximum absolute atomic E-state index is 6.17. The van der Waals surface area contributed by atoms with E-state index in [9.17, 15) is 0 Å². The number of halogens is 2. The van der Waals surface area contributed by atoms with Crippen molar-refractivity contribution in [2.24, 2.45) is 0 Å². The van der Waals surface area contributed by atoms with Crippen molar-refractivity contribution in [1.29, 1.82) is 0 Å². The number of benzene rings is 1. The molecule has 0 fully saturated rings. The summed E-state index contributed by atoms with van der Waals surface area (Å²) >= 11 is 9.74. The van der Waals surface area contributed by atoms with Crippen LogP contribution in [0.2, 0.25) is 5.02 Å². The number of hydrogen-bond acceptors (Lipinski definition) is 2. The summed E-state index contributed by atoms with van der Waals surface area (Å²) in [4.78, 5) is 0. The Morgan fingerprint density at radius 1 is 1.35 bits per heavy atom. The smallest absolute Gasteiger partial charge is 0.154 e. The van der Waals surface area contributed by atoms with Crippen molar-refractivity contribution < 1.29 is 4.42 Å². The van der Waals surface area contributed by atoms with E-state index in [2.05, 4.69) is 35.1 Å². The third-order valence-electron chi connectivity index (χ3n) is 2.81. The summed E-state index contributed by atoms with van der Waals surface area (Å²) in [5.74, 6) is 0.984. The zero-order valence-electron chi connectivity index (χ0n) is 9.94. The molecule has 0 saturated carbocycles. The Morgan fingerprint density at radius 3 is 2.76 bits per heavy atom. The summed E-state index contributed by atoms with van der Waals surface area (Å²) in [5, 5.41) is 5.06. The second-order valence-corrected chi connectivity index (χ2v) is 5.13. The highest BCUT2D eigenvalue weighted by molar-refractivity contribution is 9.10. The minimum atomic E-state index is 0.667. The predicted octanol–water partition coefficient (Wildman–Crippen LogP) is 4.52. The molecule has 1 heterocycles. The van der Waals surface area contributed by atoms with Crippen molar-refractivity contribution in [3.63, 3.8) is 0 Å². The maximum atomic E-state index is 6.17. The van der Waals surface area contributed by atoms with Gasteiger partial charge in [-0.2, -0.15) is 0 Å². The van der Waals surface area contributed by atoms with E-state index in [0.29, 0.717) is 5.02 Å². The number of furan rings is 1. The van der Waals surface area contributed by atoms with Crippen LogP contribution in [0, 0.1) is 0 Å². The van der Waals surface area contributed by atoms with E-state index >= 15 is 0 Å². The lowest BCUT2D eigenvalue weighted by Gasteiger charge is -2.01. The molecule has 2 aromatic rings. The number of aryl methyl sites for hydroxylation is 1. The molecule has 0 bridgehead atoms. The van der Waals surface area contributed by atoms with Gasteiger partial charge in [0.15, 0.2) is 5.58 Å². The Bertz CT molecular complexity index is 536. The van der Waals surface area contributed by atoms with Crippen molar-refractivity contribution in [2.45, 2.75) is 26.8 Å². The fourth-order valence-electron chi connectivity index (χ4n) is 1.99. The van der Waals surface area contributed by atoms with E-state index < -0.39 is 0 Å². The van der Waals surface area contributed by atoms with Gasteiger partial charge in [0.05, 0.1) is 11.6 Å². The first-order valence-electron chi connectivity index (χ1n) is 5.78. The number of fused-ring (bicyclic) bond motifs is 1. The molecular weight excluding hydrogens is 302 g/mol. The molecular formula is C13H15BrClNO. The third kappa shape index (κ3) is 2.37. The number of nitrogens with one attached hydrogen (secondary N) is 1. The quantitative estimate of drug-likeness (QED) is 0.897. The van der Waals surface area contributed by atoms with Gasteiger partial charge in [-0.15, -0.1) is 0 Å². The van der Waals surface area contributed by atoms with Gasteiger partial charge >= 0.3 is 0 Å². The first-order valence-corrected chi connectivity index (χ1v) is 6.95. The van der Waals surface area contributed by atoms with Crippen molar-refractivity contribution >= 4 is 38.5 Å². The molecule has 0 atom stereocenters. The lowest BCUT2D eigenvalue weighted by atomic mass is 10.1. The Labute approximate surface area is 114 Å². The summed E-state index contributed by atoms with van der Waals surface area (Å²) in [6.45, 7) is 5.89. The second kappa shape index (κ2) is 5.42. The van der Waals surface area contributed by atoms with Crippen LogP contribution in [0.4, 0.5) is 0 Å². The Kier molecular flexibility index (Phi) is 4.13. The van der Waals surface area contributed by atoms with Gasteiger partial charge in [-0.25, -0.2) is 0 Å². The van der Waals surface area contributed by atoms with Gasteiger partial charge in [0.1, 0.15) is 5.76 Å². The van der Waals surface area contributed by atoms with Gasteiger partial charge in [-0.05, 0) is 25.1 Å². The van der Waals surface area contributed by atoms with E-state index in [1.807, 2.05) is 12.1 Å². The zero-order valence-corrected chi connectivity index (χ0v) is 12.3. The van der Waals surface area contributed by atoms with E-state index in [0.717, 1.165) is 40.7 Å². The van der Waals surface area contributed by atoms with E-state index in [4.69, 9.17) is 16.0 Å². The van der Waals surface area contributed by atoms with Crippen molar-refractivity contribution in [3.05, 3.63) is 33.0 Å². The van der Waals surface area contributed by atoms with Gasteiger partial charge in [0, 0.05) is 15.4 Å². The van der Waals surface area contributed by atoms with Crippen LogP contribution in [0.25, 0.3) is 11.0 Å². The molecule has 0 unspecified atom stereocenters. The molecule has 1 N–H and O–H groups in total. The van der Waals surface area contributed by atoms with Crippen molar-refractivity contribution in [3.8, 4) is 0 Å². The summed E-state index contributed by atoms with van der Waals surface area (Å²) < 4.78 is 6.92. The third-order valence-corrected chi connectivity index (χ3v) is 3.77. The fraction of sp³-hybridized carbons (Fsp3) is 0.385. The average molecular weight is 317 g/mol. The molecule has 17 heavy (non-hydrogen) atoms. The van der Waals surface area contributed by atoms with Crippen LogP contribution in [-0.2, 0) is 13.0 Å². The molecule has 0 aliphatic carbocycles. The number of rotatable bonds is 4. The molecule has 0 radical (unpaired) electrons. The molecule has 92 valence electrons. The van der Waals surface area contributed by atoms with Crippen LogP contribution in [0.15, 0.2) is 21.0 Å². The molecule has 0 aliphatic heterocycles. The Morgan fingerprint density at radius 2 is 2.12 bits per heavy atom.